The molecule has 0 N–H and O–H groups in total. The van der Waals surface area contributed by atoms with Gasteiger partial charge in [0.15, 0.2) is 0 Å². The lowest BCUT2D eigenvalue weighted by molar-refractivity contribution is 0.112. The van der Waals surface area contributed by atoms with Crippen molar-refractivity contribution in [2.45, 2.75) is 6.92 Å². The van der Waals surface area contributed by atoms with Gasteiger partial charge in [-0.15, -0.1) is 0 Å². The average Bonchev–Trinajstić information content (AvgIpc) is 2.37. The van der Waals surface area contributed by atoms with Gasteiger partial charge in [0.1, 0.15) is 6.29 Å². The Bertz CT molecular complexity index is 418. The summed E-state index contributed by atoms with van der Waals surface area (Å²) in [6, 6.07) is 11.9. The molecule has 13 heavy (non-hydrogen) atoms. The average molecular weight is 170 g/mol. The van der Waals surface area contributed by atoms with Crippen molar-refractivity contribution in [3.05, 3.63) is 47.5 Å². The van der Waals surface area contributed by atoms with Crippen LogP contribution in [0.4, 0.5) is 0 Å². The second kappa shape index (κ2) is 3.02. The molecule has 0 saturated heterocycles. The number of carbonyl (C=O) groups is 1. The van der Waals surface area contributed by atoms with Gasteiger partial charge < -0.3 is 0 Å². The Balaban J connectivity index is 2.77. The number of carbonyl (C=O) groups excluding carboxylic acids is 1. The molecule has 64 valence electrons. The molecule has 0 aliphatic heterocycles. The summed E-state index contributed by atoms with van der Waals surface area (Å²) in [5, 5.41) is 0. The van der Waals surface area contributed by atoms with Crippen molar-refractivity contribution in [3.8, 4) is 11.1 Å². The molecule has 2 aliphatic carbocycles. The monoisotopic (exact) mass is 170 g/mol. The molecular weight excluding hydrogens is 160 g/mol. The third-order valence-electron chi connectivity index (χ3n) is 2.35. The molecule has 0 aromatic carbocycles. The van der Waals surface area contributed by atoms with Crippen LogP contribution in [0.1, 0.15) is 15.9 Å². The zero-order chi connectivity index (χ0) is 9.26. The van der Waals surface area contributed by atoms with Crippen LogP contribution < -0.4 is 0 Å². The Labute approximate surface area is 77.4 Å². The van der Waals surface area contributed by atoms with Gasteiger partial charge in [0.05, 0.1) is 0 Å². The number of rotatable bonds is 1. The van der Waals surface area contributed by atoms with E-state index < -0.39 is 0 Å². The minimum atomic E-state index is 0.793. The molecule has 0 aromatic rings. The maximum atomic E-state index is 10.7. The smallest absolute Gasteiger partial charge is 0.150 e. The van der Waals surface area contributed by atoms with Crippen LogP contribution in [-0.2, 0) is 0 Å². The van der Waals surface area contributed by atoms with Crippen molar-refractivity contribution in [1.29, 1.82) is 0 Å². The van der Waals surface area contributed by atoms with E-state index >= 15 is 0 Å². The van der Waals surface area contributed by atoms with Gasteiger partial charge in [0.2, 0.25) is 0 Å². The first-order valence-corrected chi connectivity index (χ1v) is 4.26. The summed E-state index contributed by atoms with van der Waals surface area (Å²) in [4.78, 5) is 10.7. The van der Waals surface area contributed by atoms with Gasteiger partial charge in [-0.1, -0.05) is 30.3 Å². The van der Waals surface area contributed by atoms with E-state index in [-0.39, 0.29) is 0 Å². The van der Waals surface area contributed by atoms with E-state index in [1.807, 2.05) is 43.3 Å². The van der Waals surface area contributed by atoms with Crippen molar-refractivity contribution in [1.82, 2.24) is 0 Å². The van der Waals surface area contributed by atoms with Crippen LogP contribution in [0.5, 0.6) is 0 Å². The van der Waals surface area contributed by atoms with E-state index in [9.17, 15) is 4.79 Å². The predicted molar refractivity (Wildman–Crippen MR) is 53.2 cm³/mol. The molecule has 0 bridgehead atoms. The molecule has 0 radical (unpaired) electrons. The Hall–Kier alpha value is -1.63. The third-order valence-corrected chi connectivity index (χ3v) is 2.35. The summed E-state index contributed by atoms with van der Waals surface area (Å²) in [6.07, 6.45) is 0.912. The first-order valence-electron chi connectivity index (χ1n) is 4.26. The van der Waals surface area contributed by atoms with Crippen molar-refractivity contribution in [3.63, 3.8) is 0 Å². The highest BCUT2D eigenvalue weighted by atomic mass is 16.1. The lowest BCUT2D eigenvalue weighted by Gasteiger charge is -1.92. The highest BCUT2D eigenvalue weighted by Gasteiger charge is 2.09. The van der Waals surface area contributed by atoms with Gasteiger partial charge in [-0.2, -0.15) is 0 Å². The lowest BCUT2D eigenvalue weighted by Crippen LogP contribution is -1.76. The fraction of sp³-hybridized carbons (Fsp3) is 0.0833. The normalized spacial score (nSPS) is 10.2. The Kier molecular flexibility index (Phi) is 1.85. The molecular formula is C12H10O. The summed E-state index contributed by atoms with van der Waals surface area (Å²) in [5.74, 6) is 0. The molecule has 1 nitrogen and oxygen atoms in total. The lowest BCUT2D eigenvalue weighted by atomic mass is 10.1. The molecule has 0 spiro atoms. The second-order valence-corrected chi connectivity index (χ2v) is 3.12. The second-order valence-electron chi connectivity index (χ2n) is 3.12. The minimum absolute atomic E-state index is 0.793. The van der Waals surface area contributed by atoms with E-state index in [1.165, 1.54) is 0 Å². The Morgan fingerprint density at radius 2 is 1.92 bits per heavy atom. The quantitative estimate of drug-likeness (QED) is 0.601. The van der Waals surface area contributed by atoms with Crippen LogP contribution in [0.15, 0.2) is 36.4 Å². The van der Waals surface area contributed by atoms with Crippen molar-refractivity contribution < 1.29 is 4.79 Å². The fourth-order valence-corrected chi connectivity index (χ4v) is 1.58. The summed E-state index contributed by atoms with van der Waals surface area (Å²) < 4.78 is 0. The molecule has 0 fully saturated rings. The fourth-order valence-electron chi connectivity index (χ4n) is 1.58. The van der Waals surface area contributed by atoms with Crippen molar-refractivity contribution in [2.75, 3.05) is 0 Å². The maximum Gasteiger partial charge on any atom is 0.150 e. The summed E-state index contributed by atoms with van der Waals surface area (Å²) >= 11 is 0. The van der Waals surface area contributed by atoms with Crippen LogP contribution in [0.25, 0.3) is 11.1 Å². The first kappa shape index (κ1) is 7.99. The molecule has 1 heteroatoms. The van der Waals surface area contributed by atoms with Gasteiger partial charge in [-0.25, -0.2) is 0 Å². The van der Waals surface area contributed by atoms with Crippen molar-refractivity contribution >= 4 is 6.29 Å². The number of hydrogen-bond donors (Lipinski definition) is 0. The molecule has 0 atom stereocenters. The molecule has 0 aromatic heterocycles. The van der Waals surface area contributed by atoms with E-state index in [2.05, 4.69) is 0 Å². The van der Waals surface area contributed by atoms with Crippen LogP contribution in [0, 0.1) is 6.92 Å². The molecule has 0 unspecified atom stereocenters. The predicted octanol–water partition coefficient (Wildman–Crippen LogP) is 2.91. The number of aldehydes is 1. The van der Waals surface area contributed by atoms with E-state index in [1.54, 1.807) is 0 Å². The highest BCUT2D eigenvalue weighted by molar-refractivity contribution is 5.87. The Morgan fingerprint density at radius 1 is 1.15 bits per heavy atom. The van der Waals surface area contributed by atoms with Gasteiger partial charge in [0.25, 0.3) is 0 Å². The van der Waals surface area contributed by atoms with Crippen LogP contribution >= 0.6 is 0 Å². The zero-order valence-corrected chi connectivity index (χ0v) is 7.45. The van der Waals surface area contributed by atoms with Crippen LogP contribution in [0.3, 0.4) is 0 Å². The van der Waals surface area contributed by atoms with Gasteiger partial charge in [-0.3, -0.25) is 4.79 Å². The molecule has 0 saturated carbocycles. The maximum absolute atomic E-state index is 10.7. The van der Waals surface area contributed by atoms with Gasteiger partial charge >= 0.3 is 0 Å². The number of fused-ring (bicyclic) bond motifs is 1. The van der Waals surface area contributed by atoms with E-state index in [0.29, 0.717) is 0 Å². The molecule has 2 aliphatic rings. The van der Waals surface area contributed by atoms with Crippen LogP contribution in [-0.4, -0.2) is 6.29 Å². The van der Waals surface area contributed by atoms with E-state index in [4.69, 9.17) is 0 Å². The molecule has 0 amide bonds. The summed E-state index contributed by atoms with van der Waals surface area (Å²) in [7, 11) is 0. The zero-order valence-electron chi connectivity index (χ0n) is 7.45. The summed E-state index contributed by atoms with van der Waals surface area (Å²) in [5.41, 5.74) is 4.15. The van der Waals surface area contributed by atoms with Crippen LogP contribution in [0.2, 0.25) is 0 Å². The Morgan fingerprint density at radius 3 is 2.69 bits per heavy atom. The highest BCUT2D eigenvalue weighted by Crippen LogP contribution is 2.28. The van der Waals surface area contributed by atoms with Crippen molar-refractivity contribution in [2.24, 2.45) is 0 Å². The molecule has 0 heterocycles. The van der Waals surface area contributed by atoms with Gasteiger partial charge in [0, 0.05) is 5.56 Å². The van der Waals surface area contributed by atoms with Gasteiger partial charge in [-0.05, 0) is 29.7 Å². The van der Waals surface area contributed by atoms with E-state index in [0.717, 1.165) is 28.5 Å². The number of hydrogen-bond acceptors (Lipinski definition) is 1. The largest absolute Gasteiger partial charge is 0.298 e. The topological polar surface area (TPSA) is 17.1 Å². The SMILES string of the molecule is Cc1c(C=O)cc2cccccc1-2. The standard InChI is InChI=1S/C12H10O/c1-9-11(8-13)7-10-5-3-2-4-6-12(9)10/h2-8H,1H3. The minimum Gasteiger partial charge on any atom is -0.298 e. The summed E-state index contributed by atoms with van der Waals surface area (Å²) in [6.45, 7) is 1.98. The first-order chi connectivity index (χ1) is 6.33. The third kappa shape index (κ3) is 1.22. The molecule has 2 rings (SSSR count).